The first-order valence-electron chi connectivity index (χ1n) is 12.5. The number of nitrogens with two attached hydrogens (primary N) is 1. The lowest BCUT2D eigenvalue weighted by atomic mass is 9.77. The van der Waals surface area contributed by atoms with E-state index in [-0.39, 0.29) is 36.2 Å². The summed E-state index contributed by atoms with van der Waals surface area (Å²) in [4.78, 5) is 25.2. The molecule has 0 heterocycles. The van der Waals surface area contributed by atoms with Crippen LogP contribution in [0, 0.1) is 0 Å². The number of aliphatic hydroxyl groups is 2. The Hall–Kier alpha value is -2.91. The number of benzene rings is 2. The Labute approximate surface area is 224 Å². The minimum atomic E-state index is -0.364. The van der Waals surface area contributed by atoms with E-state index in [0.29, 0.717) is 25.4 Å². The summed E-state index contributed by atoms with van der Waals surface area (Å²) >= 11 is 1.20. The van der Waals surface area contributed by atoms with E-state index in [0.717, 1.165) is 28.1 Å². The monoisotopic (exact) mass is 526 g/mol. The highest BCUT2D eigenvalue weighted by Gasteiger charge is 2.27. The summed E-state index contributed by atoms with van der Waals surface area (Å²) in [5.74, 6) is 0.499. The van der Waals surface area contributed by atoms with Gasteiger partial charge in [0.2, 0.25) is 0 Å². The van der Waals surface area contributed by atoms with Crippen molar-refractivity contribution in [3.8, 4) is 0 Å². The van der Waals surface area contributed by atoms with Gasteiger partial charge in [0.1, 0.15) is 5.69 Å². The largest absolute Gasteiger partial charge is 0.395 e. The first-order chi connectivity index (χ1) is 17.7. The van der Waals surface area contributed by atoms with Crippen LogP contribution >= 0.6 is 11.8 Å². The number of rotatable bonds is 15. The third kappa shape index (κ3) is 9.81. The van der Waals surface area contributed by atoms with Crippen molar-refractivity contribution >= 4 is 40.2 Å². The summed E-state index contributed by atoms with van der Waals surface area (Å²) in [7, 11) is 0. The van der Waals surface area contributed by atoms with Crippen molar-refractivity contribution in [1.29, 1.82) is 0 Å². The van der Waals surface area contributed by atoms with Gasteiger partial charge in [0.05, 0.1) is 13.2 Å². The average Bonchev–Trinajstić information content (AvgIpc) is 2.88. The van der Waals surface area contributed by atoms with Crippen LogP contribution in [0.15, 0.2) is 66.8 Å². The number of para-hydroxylation sites is 1. The van der Waals surface area contributed by atoms with E-state index in [2.05, 4.69) is 31.8 Å². The number of aliphatic hydroxyl groups excluding tert-OH is 2. The van der Waals surface area contributed by atoms with Crippen LogP contribution in [-0.2, 0) is 15.0 Å². The number of quaternary nitrogens is 1. The number of carbonyl (C=O) groups is 2. The van der Waals surface area contributed by atoms with Gasteiger partial charge in [-0.3, -0.25) is 9.59 Å². The smallest absolute Gasteiger partial charge is 0.275 e. The van der Waals surface area contributed by atoms with E-state index < -0.39 is 0 Å². The van der Waals surface area contributed by atoms with Gasteiger partial charge in [-0.15, -0.1) is 0 Å². The molecule has 0 bridgehead atoms. The predicted octanol–water partition coefficient (Wildman–Crippen LogP) is 2.62. The van der Waals surface area contributed by atoms with Crippen LogP contribution < -0.4 is 15.5 Å². The molecule has 0 aromatic heterocycles. The van der Waals surface area contributed by atoms with E-state index in [9.17, 15) is 19.8 Å². The second kappa shape index (κ2) is 15.4. The SMILES string of the molecule is C=C(/C=C/c1ccc(N(CCO)CCO)cc1)C(C)(C)c1ccccc1[NH2+]CC(=O)NCCSC(C)=O. The van der Waals surface area contributed by atoms with Crippen molar-refractivity contribution in [2.45, 2.75) is 26.2 Å². The van der Waals surface area contributed by atoms with Crippen molar-refractivity contribution in [3.63, 3.8) is 0 Å². The second-order valence-electron chi connectivity index (χ2n) is 9.19. The summed E-state index contributed by atoms with van der Waals surface area (Å²) < 4.78 is 0. The van der Waals surface area contributed by atoms with Crippen molar-refractivity contribution in [2.75, 3.05) is 50.0 Å². The van der Waals surface area contributed by atoms with Crippen molar-refractivity contribution in [3.05, 3.63) is 77.9 Å². The van der Waals surface area contributed by atoms with E-state index in [1.165, 1.54) is 18.7 Å². The quantitative estimate of drug-likeness (QED) is 0.162. The lowest BCUT2D eigenvalue weighted by Gasteiger charge is -2.27. The molecule has 0 radical (unpaired) electrons. The molecule has 37 heavy (non-hydrogen) atoms. The number of carbonyl (C=O) groups excluding carboxylic acids is 2. The van der Waals surface area contributed by atoms with Crippen LogP contribution in [0.3, 0.4) is 0 Å². The molecule has 0 saturated heterocycles. The highest BCUT2D eigenvalue weighted by atomic mass is 32.2. The van der Waals surface area contributed by atoms with Gasteiger partial charge in [-0.1, -0.05) is 74.7 Å². The molecular weight excluding hydrogens is 486 g/mol. The predicted molar refractivity (Wildman–Crippen MR) is 153 cm³/mol. The van der Waals surface area contributed by atoms with Crippen LogP contribution in [-0.4, -0.2) is 66.4 Å². The Morgan fingerprint density at radius 3 is 2.35 bits per heavy atom. The fourth-order valence-electron chi connectivity index (χ4n) is 3.89. The van der Waals surface area contributed by atoms with E-state index in [4.69, 9.17) is 0 Å². The molecule has 0 aliphatic carbocycles. The van der Waals surface area contributed by atoms with Gasteiger partial charge in [-0.2, -0.15) is 0 Å². The Morgan fingerprint density at radius 1 is 1.08 bits per heavy atom. The molecule has 0 aliphatic heterocycles. The fraction of sp³-hybridized carbons (Fsp3) is 0.379. The maximum atomic E-state index is 12.3. The summed E-state index contributed by atoms with van der Waals surface area (Å²) in [5.41, 5.74) is 4.62. The van der Waals surface area contributed by atoms with Gasteiger partial charge >= 0.3 is 0 Å². The number of anilines is 1. The lowest BCUT2D eigenvalue weighted by molar-refractivity contribution is -0.560. The molecule has 0 aliphatic rings. The van der Waals surface area contributed by atoms with Crippen LogP contribution in [0.5, 0.6) is 0 Å². The summed E-state index contributed by atoms with van der Waals surface area (Å²) in [6, 6.07) is 16.0. The average molecular weight is 527 g/mol. The molecular formula is C29H40N3O4S+. The first kappa shape index (κ1) is 30.3. The zero-order valence-electron chi connectivity index (χ0n) is 22.1. The molecule has 7 nitrogen and oxygen atoms in total. The molecule has 0 fully saturated rings. The topological polar surface area (TPSA) is 106 Å². The molecule has 1 amide bonds. The normalized spacial score (nSPS) is 11.5. The maximum absolute atomic E-state index is 12.3. The van der Waals surface area contributed by atoms with Gasteiger partial charge < -0.3 is 25.7 Å². The minimum absolute atomic E-state index is 0.0282. The van der Waals surface area contributed by atoms with E-state index >= 15 is 0 Å². The fourth-order valence-corrected chi connectivity index (χ4v) is 4.38. The zero-order chi connectivity index (χ0) is 27.3. The standard InChI is InChI=1S/C29H39N3O4S/c1-22(9-10-24-11-13-25(14-12-24)32(16-18-33)17-19-34)29(3,4)26-7-5-6-8-27(26)31-21-28(36)30-15-20-37-23(2)35/h5-14,31,33-34H,1,15-21H2,2-4H3,(H,30,36)/p+1/b10-9+. The van der Waals surface area contributed by atoms with Gasteiger partial charge in [0.15, 0.2) is 11.7 Å². The van der Waals surface area contributed by atoms with Gasteiger partial charge in [-0.05, 0) is 29.3 Å². The number of hydrogen-bond donors (Lipinski definition) is 4. The van der Waals surface area contributed by atoms with Crippen LogP contribution in [0.4, 0.5) is 11.4 Å². The molecule has 0 atom stereocenters. The Kier molecular flexibility index (Phi) is 12.6. The summed E-state index contributed by atoms with van der Waals surface area (Å²) in [6.45, 7) is 11.8. The molecule has 5 N–H and O–H groups in total. The Morgan fingerprint density at radius 2 is 1.73 bits per heavy atom. The zero-order valence-corrected chi connectivity index (χ0v) is 22.9. The molecule has 200 valence electrons. The number of amides is 1. The van der Waals surface area contributed by atoms with Crippen molar-refractivity contribution < 1.29 is 25.1 Å². The highest BCUT2D eigenvalue weighted by Crippen LogP contribution is 2.34. The first-order valence-corrected chi connectivity index (χ1v) is 13.4. The van der Waals surface area contributed by atoms with Crippen molar-refractivity contribution in [2.24, 2.45) is 0 Å². The number of allylic oxidation sites excluding steroid dienone is 2. The van der Waals surface area contributed by atoms with E-state index in [1.54, 1.807) is 0 Å². The van der Waals surface area contributed by atoms with Crippen molar-refractivity contribution in [1.82, 2.24) is 5.32 Å². The minimum Gasteiger partial charge on any atom is -0.395 e. The van der Waals surface area contributed by atoms with E-state index in [1.807, 2.05) is 64.8 Å². The molecule has 0 unspecified atom stereocenters. The third-order valence-corrected chi connectivity index (χ3v) is 6.96. The summed E-state index contributed by atoms with van der Waals surface area (Å²) in [6.07, 6.45) is 4.04. The molecule has 8 heteroatoms. The summed E-state index contributed by atoms with van der Waals surface area (Å²) in [5, 5.41) is 23.4. The molecule has 0 saturated carbocycles. The lowest BCUT2D eigenvalue weighted by Crippen LogP contribution is -2.81. The number of nitrogens with zero attached hydrogens (tertiary/aromatic N) is 1. The van der Waals surface area contributed by atoms with Crippen LogP contribution in [0.25, 0.3) is 6.08 Å². The Bertz CT molecular complexity index is 1060. The molecule has 2 aromatic rings. The van der Waals surface area contributed by atoms with Gasteiger partial charge in [-0.25, -0.2) is 0 Å². The van der Waals surface area contributed by atoms with Gasteiger partial charge in [0.25, 0.3) is 5.91 Å². The number of hydrogen-bond acceptors (Lipinski definition) is 6. The molecule has 2 rings (SSSR count). The second-order valence-corrected chi connectivity index (χ2v) is 10.5. The van der Waals surface area contributed by atoms with Crippen LogP contribution in [0.2, 0.25) is 0 Å². The maximum Gasteiger partial charge on any atom is 0.275 e. The van der Waals surface area contributed by atoms with Crippen LogP contribution in [0.1, 0.15) is 31.9 Å². The molecule has 0 spiro atoms. The number of thioether (sulfide) groups is 1. The highest BCUT2D eigenvalue weighted by molar-refractivity contribution is 8.13. The number of nitrogens with one attached hydrogen (secondary N) is 1. The Balaban J connectivity index is 2.04. The molecule has 2 aromatic carbocycles. The van der Waals surface area contributed by atoms with Gasteiger partial charge in [0, 0.05) is 49.0 Å². The third-order valence-electron chi connectivity index (χ3n) is 6.15.